The Kier molecular flexibility index (Phi) is 5.93. The van der Waals surface area contributed by atoms with Crippen molar-refractivity contribution in [3.8, 4) is 0 Å². The predicted octanol–water partition coefficient (Wildman–Crippen LogP) is 3.99. The standard InChI is InChI=1S/C20H24N4.HI/c21-20(24-17-10-8-14-5-3-6-16(14)12-17)22-13-18-11-9-15-4-1-2-7-19(15)23-18;/h8-12H,1-7,13H2,(H3,21,22,24);1H. The van der Waals surface area contributed by atoms with E-state index in [2.05, 4.69) is 40.6 Å². The van der Waals surface area contributed by atoms with Crippen LogP contribution in [0.1, 0.15) is 47.3 Å². The van der Waals surface area contributed by atoms with E-state index in [1.165, 1.54) is 54.5 Å². The smallest absolute Gasteiger partial charge is 0.193 e. The quantitative estimate of drug-likeness (QED) is 0.424. The lowest BCUT2D eigenvalue weighted by Crippen LogP contribution is -2.22. The van der Waals surface area contributed by atoms with E-state index in [0.717, 1.165) is 24.2 Å². The van der Waals surface area contributed by atoms with Crippen molar-refractivity contribution in [3.63, 3.8) is 0 Å². The number of nitrogens with zero attached hydrogens (tertiary/aromatic N) is 2. The summed E-state index contributed by atoms with van der Waals surface area (Å²) in [5.41, 5.74) is 13.6. The fourth-order valence-electron chi connectivity index (χ4n) is 3.72. The Labute approximate surface area is 166 Å². The molecule has 0 amide bonds. The molecule has 1 aromatic carbocycles. The highest BCUT2D eigenvalue weighted by Crippen LogP contribution is 2.24. The predicted molar refractivity (Wildman–Crippen MR) is 114 cm³/mol. The van der Waals surface area contributed by atoms with Gasteiger partial charge in [-0.15, -0.1) is 24.0 Å². The van der Waals surface area contributed by atoms with Gasteiger partial charge in [0.05, 0.1) is 12.2 Å². The Hall–Kier alpha value is -1.63. The van der Waals surface area contributed by atoms with Gasteiger partial charge in [0.15, 0.2) is 5.96 Å². The lowest BCUT2D eigenvalue weighted by molar-refractivity contribution is 0.663. The number of benzene rings is 1. The topological polar surface area (TPSA) is 63.3 Å². The molecule has 132 valence electrons. The summed E-state index contributed by atoms with van der Waals surface area (Å²) in [4.78, 5) is 9.20. The summed E-state index contributed by atoms with van der Waals surface area (Å²) in [5.74, 6) is 0.451. The second-order valence-corrected chi connectivity index (χ2v) is 6.78. The van der Waals surface area contributed by atoms with E-state index >= 15 is 0 Å². The fourth-order valence-corrected chi connectivity index (χ4v) is 3.72. The third-order valence-corrected chi connectivity index (χ3v) is 5.02. The van der Waals surface area contributed by atoms with Crippen molar-refractivity contribution in [2.45, 2.75) is 51.5 Å². The fraction of sp³-hybridized carbons (Fsp3) is 0.400. The van der Waals surface area contributed by atoms with E-state index in [1.54, 1.807) is 0 Å². The van der Waals surface area contributed by atoms with Crippen LogP contribution in [-0.2, 0) is 32.2 Å². The van der Waals surface area contributed by atoms with Crippen molar-refractivity contribution >= 4 is 35.6 Å². The minimum absolute atomic E-state index is 0. The highest BCUT2D eigenvalue weighted by Gasteiger charge is 2.12. The zero-order valence-electron chi connectivity index (χ0n) is 14.4. The summed E-state index contributed by atoms with van der Waals surface area (Å²) < 4.78 is 0. The van der Waals surface area contributed by atoms with Gasteiger partial charge in [-0.2, -0.15) is 0 Å². The molecule has 2 aromatic rings. The molecule has 2 aliphatic carbocycles. The van der Waals surface area contributed by atoms with Crippen LogP contribution in [0.5, 0.6) is 0 Å². The van der Waals surface area contributed by atoms with Gasteiger partial charge in [-0.25, -0.2) is 4.99 Å². The molecule has 0 saturated heterocycles. The van der Waals surface area contributed by atoms with Crippen molar-refractivity contribution in [3.05, 3.63) is 58.4 Å². The average molecular weight is 448 g/mol. The number of pyridine rings is 1. The number of aryl methyl sites for hydroxylation is 4. The molecule has 0 unspecified atom stereocenters. The summed E-state index contributed by atoms with van der Waals surface area (Å²) in [5, 5.41) is 3.20. The van der Waals surface area contributed by atoms with Crippen molar-refractivity contribution < 1.29 is 0 Å². The van der Waals surface area contributed by atoms with E-state index in [-0.39, 0.29) is 24.0 Å². The number of guanidine groups is 1. The number of fused-ring (bicyclic) bond motifs is 2. The van der Waals surface area contributed by atoms with Crippen LogP contribution in [0.3, 0.4) is 0 Å². The molecule has 0 fully saturated rings. The number of aliphatic imine (C=N–C) groups is 1. The molecular weight excluding hydrogens is 423 g/mol. The van der Waals surface area contributed by atoms with E-state index in [1.807, 2.05) is 0 Å². The Balaban J connectivity index is 0.00000182. The van der Waals surface area contributed by atoms with Crippen LogP contribution in [0, 0.1) is 0 Å². The SMILES string of the molecule is I.NC(=NCc1ccc2c(n1)CCCC2)Nc1ccc2c(c1)CCC2. The van der Waals surface area contributed by atoms with Crippen LogP contribution in [0.25, 0.3) is 0 Å². The molecule has 3 N–H and O–H groups in total. The first kappa shape index (κ1) is 18.2. The number of anilines is 1. The van der Waals surface area contributed by atoms with Crippen LogP contribution >= 0.6 is 24.0 Å². The summed E-state index contributed by atoms with van der Waals surface area (Å²) in [7, 11) is 0. The molecule has 4 rings (SSSR count). The molecule has 0 aliphatic heterocycles. The average Bonchev–Trinajstić information content (AvgIpc) is 3.07. The number of aromatic nitrogens is 1. The first-order chi connectivity index (χ1) is 11.8. The van der Waals surface area contributed by atoms with Crippen LogP contribution in [-0.4, -0.2) is 10.9 Å². The Bertz CT molecular complexity index is 785. The molecular formula is C20H25IN4. The van der Waals surface area contributed by atoms with Crippen molar-refractivity contribution in [1.82, 2.24) is 4.98 Å². The van der Waals surface area contributed by atoms with E-state index in [9.17, 15) is 0 Å². The molecule has 1 aromatic heterocycles. The van der Waals surface area contributed by atoms with Crippen molar-refractivity contribution in [2.75, 3.05) is 5.32 Å². The maximum Gasteiger partial charge on any atom is 0.193 e. The monoisotopic (exact) mass is 448 g/mol. The summed E-state index contributed by atoms with van der Waals surface area (Å²) >= 11 is 0. The highest BCUT2D eigenvalue weighted by molar-refractivity contribution is 14.0. The summed E-state index contributed by atoms with van der Waals surface area (Å²) in [6.45, 7) is 0.525. The van der Waals surface area contributed by atoms with E-state index in [0.29, 0.717) is 12.5 Å². The third kappa shape index (κ3) is 4.32. The molecule has 0 bridgehead atoms. The van der Waals surface area contributed by atoms with Gasteiger partial charge >= 0.3 is 0 Å². The van der Waals surface area contributed by atoms with E-state index < -0.39 is 0 Å². The van der Waals surface area contributed by atoms with E-state index in [4.69, 9.17) is 10.7 Å². The Morgan fingerprint density at radius 1 is 0.960 bits per heavy atom. The zero-order chi connectivity index (χ0) is 16.4. The molecule has 0 radical (unpaired) electrons. The zero-order valence-corrected chi connectivity index (χ0v) is 16.8. The first-order valence-corrected chi connectivity index (χ1v) is 8.94. The van der Waals surface area contributed by atoms with Gasteiger partial charge in [0.2, 0.25) is 0 Å². The van der Waals surface area contributed by atoms with Gasteiger partial charge in [-0.05, 0) is 79.8 Å². The second-order valence-electron chi connectivity index (χ2n) is 6.78. The summed E-state index contributed by atoms with van der Waals surface area (Å²) in [6.07, 6.45) is 8.40. The third-order valence-electron chi connectivity index (χ3n) is 5.02. The van der Waals surface area contributed by atoms with Gasteiger partial charge in [0.25, 0.3) is 0 Å². The van der Waals surface area contributed by atoms with Crippen LogP contribution in [0.2, 0.25) is 0 Å². The number of nitrogens with one attached hydrogen (secondary N) is 1. The van der Waals surface area contributed by atoms with Gasteiger partial charge in [0, 0.05) is 11.4 Å². The van der Waals surface area contributed by atoms with Crippen molar-refractivity contribution in [1.29, 1.82) is 0 Å². The Morgan fingerprint density at radius 3 is 2.64 bits per heavy atom. The van der Waals surface area contributed by atoms with Gasteiger partial charge < -0.3 is 11.1 Å². The molecule has 0 saturated carbocycles. The molecule has 1 heterocycles. The maximum atomic E-state index is 6.05. The van der Waals surface area contributed by atoms with Gasteiger partial charge in [-0.1, -0.05) is 12.1 Å². The minimum Gasteiger partial charge on any atom is -0.370 e. The van der Waals surface area contributed by atoms with Crippen molar-refractivity contribution in [2.24, 2.45) is 10.7 Å². The molecule has 2 aliphatic rings. The summed E-state index contributed by atoms with van der Waals surface area (Å²) in [6, 6.07) is 10.8. The maximum absolute atomic E-state index is 6.05. The highest BCUT2D eigenvalue weighted by atomic mass is 127. The second kappa shape index (κ2) is 8.17. The molecule has 25 heavy (non-hydrogen) atoms. The number of nitrogens with two attached hydrogens (primary N) is 1. The van der Waals surface area contributed by atoms with Crippen LogP contribution in [0.15, 0.2) is 35.3 Å². The number of halogens is 1. The van der Waals surface area contributed by atoms with Gasteiger partial charge in [-0.3, -0.25) is 4.98 Å². The lowest BCUT2D eigenvalue weighted by atomic mass is 9.96. The molecule has 4 nitrogen and oxygen atoms in total. The van der Waals surface area contributed by atoms with Crippen LogP contribution in [0.4, 0.5) is 5.69 Å². The molecule has 0 atom stereocenters. The van der Waals surface area contributed by atoms with Crippen LogP contribution < -0.4 is 11.1 Å². The molecule has 0 spiro atoms. The normalized spacial score (nSPS) is 15.9. The number of hydrogen-bond donors (Lipinski definition) is 2. The molecule has 5 heteroatoms. The lowest BCUT2D eigenvalue weighted by Gasteiger charge is -2.15. The first-order valence-electron chi connectivity index (χ1n) is 8.94. The minimum atomic E-state index is 0. The largest absolute Gasteiger partial charge is 0.370 e. The Morgan fingerprint density at radius 2 is 1.72 bits per heavy atom. The number of rotatable bonds is 3. The van der Waals surface area contributed by atoms with Gasteiger partial charge in [0.1, 0.15) is 0 Å². The number of hydrogen-bond acceptors (Lipinski definition) is 2.